The molecule has 1 aromatic rings. The van der Waals surface area contributed by atoms with Crippen molar-refractivity contribution in [2.75, 3.05) is 13.2 Å². The Balaban J connectivity index is 1.90. The van der Waals surface area contributed by atoms with E-state index in [0.29, 0.717) is 23.5 Å². The molecule has 0 bridgehead atoms. The molecule has 1 aliphatic heterocycles. The molecule has 0 aliphatic carbocycles. The molecule has 1 saturated heterocycles. The molecule has 0 radical (unpaired) electrons. The van der Waals surface area contributed by atoms with Crippen molar-refractivity contribution in [3.05, 3.63) is 34.6 Å². The first-order valence-electron chi connectivity index (χ1n) is 5.92. The smallest absolute Gasteiger partial charge is 0.123 e. The van der Waals surface area contributed by atoms with Crippen LogP contribution in [0.25, 0.3) is 0 Å². The van der Waals surface area contributed by atoms with E-state index in [9.17, 15) is 4.39 Å². The quantitative estimate of drug-likeness (QED) is 0.895. The van der Waals surface area contributed by atoms with Crippen molar-refractivity contribution in [1.82, 2.24) is 5.32 Å². The number of nitrogens with one attached hydrogen (secondary N) is 1. The molecule has 2 rings (SSSR count). The normalized spacial score (nSPS) is 21.7. The summed E-state index contributed by atoms with van der Waals surface area (Å²) in [6, 6.07) is 4.81. The van der Waals surface area contributed by atoms with Crippen LogP contribution in [0.2, 0.25) is 5.02 Å². The van der Waals surface area contributed by atoms with Crippen molar-refractivity contribution in [1.29, 1.82) is 0 Å². The highest BCUT2D eigenvalue weighted by Gasteiger charge is 2.21. The number of hydrogen-bond acceptors (Lipinski definition) is 2. The summed E-state index contributed by atoms with van der Waals surface area (Å²) in [5, 5.41) is 3.98. The average Bonchev–Trinajstić information content (AvgIpc) is 2.83. The topological polar surface area (TPSA) is 21.3 Å². The van der Waals surface area contributed by atoms with Crippen LogP contribution < -0.4 is 5.32 Å². The van der Waals surface area contributed by atoms with Gasteiger partial charge in [-0.05, 0) is 43.0 Å². The molecule has 1 aliphatic rings. The molecule has 4 heteroatoms. The fourth-order valence-electron chi connectivity index (χ4n) is 2.06. The first-order chi connectivity index (χ1) is 8.16. The maximum Gasteiger partial charge on any atom is 0.123 e. The van der Waals surface area contributed by atoms with E-state index < -0.39 is 0 Å². The highest BCUT2D eigenvalue weighted by Crippen LogP contribution is 2.19. The van der Waals surface area contributed by atoms with E-state index in [4.69, 9.17) is 16.3 Å². The van der Waals surface area contributed by atoms with Crippen molar-refractivity contribution in [3.8, 4) is 0 Å². The first kappa shape index (κ1) is 12.8. The number of halogens is 2. The Morgan fingerprint density at radius 2 is 2.41 bits per heavy atom. The molecule has 2 nitrogen and oxygen atoms in total. The van der Waals surface area contributed by atoms with Crippen molar-refractivity contribution >= 4 is 11.6 Å². The van der Waals surface area contributed by atoms with Crippen molar-refractivity contribution in [3.63, 3.8) is 0 Å². The monoisotopic (exact) mass is 257 g/mol. The van der Waals surface area contributed by atoms with Gasteiger partial charge in [0, 0.05) is 24.2 Å². The van der Waals surface area contributed by atoms with Crippen LogP contribution in [0.15, 0.2) is 18.2 Å². The molecule has 1 N–H and O–H groups in total. The predicted molar refractivity (Wildman–Crippen MR) is 66.6 cm³/mol. The van der Waals surface area contributed by atoms with Crippen LogP contribution in [0.1, 0.15) is 18.9 Å². The molecule has 94 valence electrons. The summed E-state index contributed by atoms with van der Waals surface area (Å²) in [6.07, 6.45) is 1.09. The number of benzene rings is 1. The second-order valence-electron chi connectivity index (χ2n) is 4.53. The number of rotatable bonds is 4. The Hall–Kier alpha value is -0.640. The van der Waals surface area contributed by atoms with Gasteiger partial charge >= 0.3 is 0 Å². The highest BCUT2D eigenvalue weighted by atomic mass is 35.5. The second-order valence-corrected chi connectivity index (χ2v) is 4.94. The van der Waals surface area contributed by atoms with Gasteiger partial charge in [0.05, 0.1) is 6.61 Å². The zero-order valence-corrected chi connectivity index (χ0v) is 10.6. The second kappa shape index (κ2) is 5.80. The summed E-state index contributed by atoms with van der Waals surface area (Å²) < 4.78 is 18.4. The molecular weight excluding hydrogens is 241 g/mol. The van der Waals surface area contributed by atoms with Crippen LogP contribution in [-0.2, 0) is 11.3 Å². The van der Waals surface area contributed by atoms with Gasteiger partial charge in [-0.3, -0.25) is 0 Å². The van der Waals surface area contributed by atoms with E-state index in [-0.39, 0.29) is 5.82 Å². The fraction of sp³-hybridized carbons (Fsp3) is 0.538. The van der Waals surface area contributed by atoms with Crippen LogP contribution in [0.5, 0.6) is 0 Å². The third-order valence-electron chi connectivity index (χ3n) is 3.29. The summed E-state index contributed by atoms with van der Waals surface area (Å²) in [4.78, 5) is 0. The van der Waals surface area contributed by atoms with Gasteiger partial charge in [-0.15, -0.1) is 0 Å². The molecule has 0 amide bonds. The zero-order valence-electron chi connectivity index (χ0n) is 9.88. The van der Waals surface area contributed by atoms with Gasteiger partial charge in [0.15, 0.2) is 0 Å². The lowest BCUT2D eigenvalue weighted by Crippen LogP contribution is -2.33. The van der Waals surface area contributed by atoms with E-state index in [1.54, 1.807) is 6.07 Å². The third-order valence-corrected chi connectivity index (χ3v) is 3.66. The summed E-state index contributed by atoms with van der Waals surface area (Å²) in [6.45, 7) is 4.38. The standard InChI is InChI=1S/C13H17ClFNO/c1-9(10-4-5-17-8-10)16-7-11-6-12(15)2-3-13(11)14/h2-3,6,9-10,16H,4-5,7-8H2,1H3/t9-,10-/m1/s1. The van der Waals surface area contributed by atoms with Gasteiger partial charge < -0.3 is 10.1 Å². The molecule has 0 spiro atoms. The van der Waals surface area contributed by atoms with Gasteiger partial charge in [0.2, 0.25) is 0 Å². The lowest BCUT2D eigenvalue weighted by Gasteiger charge is -2.19. The molecule has 1 aromatic carbocycles. The number of hydrogen-bond donors (Lipinski definition) is 1. The van der Waals surface area contributed by atoms with Crippen LogP contribution >= 0.6 is 11.6 Å². The Labute approximate surface area is 106 Å². The van der Waals surface area contributed by atoms with Crippen molar-refractivity contribution in [2.24, 2.45) is 5.92 Å². The maximum atomic E-state index is 13.1. The fourth-order valence-corrected chi connectivity index (χ4v) is 2.25. The van der Waals surface area contributed by atoms with Gasteiger partial charge in [-0.1, -0.05) is 11.6 Å². The van der Waals surface area contributed by atoms with E-state index in [0.717, 1.165) is 25.2 Å². The molecule has 0 unspecified atom stereocenters. The zero-order chi connectivity index (χ0) is 12.3. The molecule has 17 heavy (non-hydrogen) atoms. The molecule has 2 atom stereocenters. The Morgan fingerprint density at radius 3 is 3.12 bits per heavy atom. The van der Waals surface area contributed by atoms with E-state index in [1.165, 1.54) is 12.1 Å². The summed E-state index contributed by atoms with van der Waals surface area (Å²) in [5.74, 6) is 0.297. The van der Waals surface area contributed by atoms with E-state index in [2.05, 4.69) is 12.2 Å². The predicted octanol–water partition coefficient (Wildman–Crippen LogP) is 2.99. The summed E-state index contributed by atoms with van der Waals surface area (Å²) >= 11 is 6.01. The minimum absolute atomic E-state index is 0.247. The van der Waals surface area contributed by atoms with Gasteiger partial charge in [-0.2, -0.15) is 0 Å². The molecular formula is C13H17ClFNO. The highest BCUT2D eigenvalue weighted by molar-refractivity contribution is 6.31. The summed E-state index contributed by atoms with van der Waals surface area (Å²) in [5.41, 5.74) is 0.803. The van der Waals surface area contributed by atoms with Gasteiger partial charge in [-0.25, -0.2) is 4.39 Å². The largest absolute Gasteiger partial charge is 0.381 e. The first-order valence-corrected chi connectivity index (χ1v) is 6.29. The lowest BCUT2D eigenvalue weighted by molar-refractivity contribution is 0.178. The van der Waals surface area contributed by atoms with E-state index in [1.807, 2.05) is 0 Å². The molecule has 1 heterocycles. The van der Waals surface area contributed by atoms with Crippen LogP contribution in [0.3, 0.4) is 0 Å². The minimum atomic E-state index is -0.247. The Kier molecular flexibility index (Phi) is 4.37. The average molecular weight is 258 g/mol. The van der Waals surface area contributed by atoms with Gasteiger partial charge in [0.25, 0.3) is 0 Å². The Bertz CT molecular complexity index is 380. The van der Waals surface area contributed by atoms with Crippen LogP contribution in [0.4, 0.5) is 4.39 Å². The van der Waals surface area contributed by atoms with Crippen LogP contribution in [-0.4, -0.2) is 19.3 Å². The van der Waals surface area contributed by atoms with Crippen LogP contribution in [0, 0.1) is 11.7 Å². The minimum Gasteiger partial charge on any atom is -0.381 e. The Morgan fingerprint density at radius 1 is 1.59 bits per heavy atom. The lowest BCUT2D eigenvalue weighted by atomic mass is 10.0. The molecule has 0 aromatic heterocycles. The van der Waals surface area contributed by atoms with Gasteiger partial charge in [0.1, 0.15) is 5.82 Å². The molecule has 0 saturated carbocycles. The maximum absolute atomic E-state index is 13.1. The van der Waals surface area contributed by atoms with Crippen molar-refractivity contribution < 1.29 is 9.13 Å². The van der Waals surface area contributed by atoms with E-state index >= 15 is 0 Å². The molecule has 1 fully saturated rings. The summed E-state index contributed by atoms with van der Waals surface area (Å²) in [7, 11) is 0. The number of ether oxygens (including phenoxy) is 1. The third kappa shape index (κ3) is 3.41. The SMILES string of the molecule is C[C@@H](NCc1cc(F)ccc1Cl)[C@@H]1CCOC1. The van der Waals surface area contributed by atoms with Crippen molar-refractivity contribution in [2.45, 2.75) is 25.9 Å².